The van der Waals surface area contributed by atoms with Gasteiger partial charge >= 0.3 is 0 Å². The fourth-order valence-electron chi connectivity index (χ4n) is 2.40. The standard InChI is InChI=1S/C13H16N6O/c1-9-7-10(16-13(20)11-3-2-6-14-11)4-5-12(9)19-8-15-17-18-19/h4-5,7-8,11,14H,2-3,6H2,1H3,(H,16,20)/t11-/m1/s1. The Morgan fingerprint density at radius 3 is 3.05 bits per heavy atom. The van der Waals surface area contributed by atoms with Gasteiger partial charge in [0.1, 0.15) is 6.33 Å². The number of anilines is 1. The Balaban J connectivity index is 1.75. The quantitative estimate of drug-likeness (QED) is 0.857. The number of benzene rings is 1. The normalized spacial score (nSPS) is 18.1. The highest BCUT2D eigenvalue weighted by Gasteiger charge is 2.21. The summed E-state index contributed by atoms with van der Waals surface area (Å²) in [5, 5.41) is 17.2. The molecule has 3 rings (SSSR count). The van der Waals surface area contributed by atoms with Crippen LogP contribution in [0.5, 0.6) is 0 Å². The Morgan fingerprint density at radius 2 is 2.40 bits per heavy atom. The minimum atomic E-state index is -0.0745. The van der Waals surface area contributed by atoms with Gasteiger partial charge in [-0.15, -0.1) is 5.10 Å². The molecule has 7 heteroatoms. The first-order chi connectivity index (χ1) is 9.74. The number of rotatable bonds is 3. The predicted octanol–water partition coefficient (Wildman–Crippen LogP) is 0.661. The van der Waals surface area contributed by atoms with E-state index in [1.807, 2.05) is 25.1 Å². The van der Waals surface area contributed by atoms with Crippen molar-refractivity contribution in [3.05, 3.63) is 30.1 Å². The highest BCUT2D eigenvalue weighted by molar-refractivity contribution is 5.95. The first kappa shape index (κ1) is 12.7. The lowest BCUT2D eigenvalue weighted by Gasteiger charge is -2.12. The summed E-state index contributed by atoms with van der Waals surface area (Å²) in [5.41, 5.74) is 2.68. The lowest BCUT2D eigenvalue weighted by atomic mass is 10.1. The molecule has 0 bridgehead atoms. The Bertz CT molecular complexity index is 603. The first-order valence-corrected chi connectivity index (χ1v) is 6.62. The number of aryl methyl sites for hydroxylation is 1. The molecule has 1 fully saturated rings. The molecule has 104 valence electrons. The zero-order valence-corrected chi connectivity index (χ0v) is 11.2. The number of hydrogen-bond acceptors (Lipinski definition) is 5. The molecular formula is C13H16N6O. The Kier molecular flexibility index (Phi) is 3.42. The van der Waals surface area contributed by atoms with Gasteiger partial charge in [0.15, 0.2) is 0 Å². The number of tetrazole rings is 1. The minimum Gasteiger partial charge on any atom is -0.325 e. The summed E-state index contributed by atoms with van der Waals surface area (Å²) in [4.78, 5) is 12.0. The Labute approximate surface area is 116 Å². The Hall–Kier alpha value is -2.28. The summed E-state index contributed by atoms with van der Waals surface area (Å²) < 4.78 is 1.60. The molecule has 7 nitrogen and oxygen atoms in total. The van der Waals surface area contributed by atoms with E-state index in [0.717, 1.165) is 36.3 Å². The fraction of sp³-hybridized carbons (Fsp3) is 0.385. The maximum Gasteiger partial charge on any atom is 0.241 e. The fourth-order valence-corrected chi connectivity index (χ4v) is 2.40. The van der Waals surface area contributed by atoms with Crippen molar-refractivity contribution >= 4 is 11.6 Å². The summed E-state index contributed by atoms with van der Waals surface area (Å²) >= 11 is 0. The van der Waals surface area contributed by atoms with Crippen LogP contribution >= 0.6 is 0 Å². The van der Waals surface area contributed by atoms with Crippen molar-refractivity contribution < 1.29 is 4.79 Å². The van der Waals surface area contributed by atoms with E-state index < -0.39 is 0 Å². The third-order valence-corrected chi connectivity index (χ3v) is 3.44. The van der Waals surface area contributed by atoms with E-state index in [4.69, 9.17) is 0 Å². The van der Waals surface area contributed by atoms with Crippen LogP contribution in [0, 0.1) is 6.92 Å². The molecule has 0 saturated carbocycles. The number of carbonyl (C=O) groups is 1. The van der Waals surface area contributed by atoms with Crippen molar-refractivity contribution in [2.24, 2.45) is 0 Å². The van der Waals surface area contributed by atoms with E-state index in [1.54, 1.807) is 11.0 Å². The van der Waals surface area contributed by atoms with Crippen LogP contribution in [-0.4, -0.2) is 38.7 Å². The number of nitrogens with one attached hydrogen (secondary N) is 2. The molecule has 0 radical (unpaired) electrons. The second-order valence-corrected chi connectivity index (χ2v) is 4.89. The van der Waals surface area contributed by atoms with Gasteiger partial charge in [-0.05, 0) is 60.5 Å². The molecule has 2 aromatic rings. The highest BCUT2D eigenvalue weighted by atomic mass is 16.2. The summed E-state index contributed by atoms with van der Waals surface area (Å²) in [5.74, 6) is 0.0251. The van der Waals surface area contributed by atoms with Gasteiger partial charge in [0, 0.05) is 5.69 Å². The lowest BCUT2D eigenvalue weighted by Crippen LogP contribution is -2.35. The van der Waals surface area contributed by atoms with E-state index in [0.29, 0.717) is 0 Å². The number of aromatic nitrogens is 4. The summed E-state index contributed by atoms with van der Waals surface area (Å²) in [6.07, 6.45) is 3.49. The molecule has 1 aromatic carbocycles. The number of amides is 1. The number of hydrogen-bond donors (Lipinski definition) is 2. The number of carbonyl (C=O) groups excluding carboxylic acids is 1. The van der Waals surface area contributed by atoms with E-state index in [2.05, 4.69) is 26.2 Å². The zero-order valence-electron chi connectivity index (χ0n) is 11.2. The van der Waals surface area contributed by atoms with Crippen LogP contribution in [0.25, 0.3) is 5.69 Å². The first-order valence-electron chi connectivity index (χ1n) is 6.62. The molecule has 2 heterocycles. The molecule has 2 N–H and O–H groups in total. The van der Waals surface area contributed by atoms with Crippen molar-refractivity contribution in [3.8, 4) is 5.69 Å². The molecule has 20 heavy (non-hydrogen) atoms. The van der Waals surface area contributed by atoms with Gasteiger partial charge in [-0.25, -0.2) is 4.68 Å². The molecule has 1 aliphatic heterocycles. The average Bonchev–Trinajstić information content (AvgIpc) is 3.12. The predicted molar refractivity (Wildman–Crippen MR) is 73.5 cm³/mol. The van der Waals surface area contributed by atoms with E-state index >= 15 is 0 Å². The molecule has 1 saturated heterocycles. The average molecular weight is 272 g/mol. The smallest absolute Gasteiger partial charge is 0.241 e. The van der Waals surface area contributed by atoms with Gasteiger partial charge in [-0.3, -0.25) is 4.79 Å². The van der Waals surface area contributed by atoms with E-state index in [9.17, 15) is 4.79 Å². The van der Waals surface area contributed by atoms with Gasteiger partial charge in [-0.1, -0.05) is 0 Å². The van der Waals surface area contributed by atoms with Crippen molar-refractivity contribution in [1.82, 2.24) is 25.5 Å². The van der Waals surface area contributed by atoms with Crippen LogP contribution in [0.2, 0.25) is 0 Å². The van der Waals surface area contributed by atoms with Crippen LogP contribution in [-0.2, 0) is 4.79 Å². The van der Waals surface area contributed by atoms with Gasteiger partial charge < -0.3 is 10.6 Å². The second kappa shape index (κ2) is 5.38. The van der Waals surface area contributed by atoms with Crippen LogP contribution < -0.4 is 10.6 Å². The van der Waals surface area contributed by atoms with Crippen LogP contribution in [0.4, 0.5) is 5.69 Å². The number of nitrogens with zero attached hydrogens (tertiary/aromatic N) is 4. The zero-order chi connectivity index (χ0) is 13.9. The molecule has 1 amide bonds. The van der Waals surface area contributed by atoms with Crippen LogP contribution in [0.15, 0.2) is 24.5 Å². The van der Waals surface area contributed by atoms with Gasteiger partial charge in [0.05, 0.1) is 11.7 Å². The second-order valence-electron chi connectivity index (χ2n) is 4.89. The molecule has 1 atom stereocenters. The van der Waals surface area contributed by atoms with Crippen LogP contribution in [0.3, 0.4) is 0 Å². The molecular weight excluding hydrogens is 256 g/mol. The summed E-state index contributed by atoms with van der Waals surface area (Å²) in [7, 11) is 0. The monoisotopic (exact) mass is 272 g/mol. The van der Waals surface area contributed by atoms with E-state index in [-0.39, 0.29) is 11.9 Å². The maximum atomic E-state index is 12.0. The molecule has 0 unspecified atom stereocenters. The maximum absolute atomic E-state index is 12.0. The van der Waals surface area contributed by atoms with Crippen molar-refractivity contribution in [1.29, 1.82) is 0 Å². The third kappa shape index (κ3) is 2.53. The summed E-state index contributed by atoms with van der Waals surface area (Å²) in [6.45, 7) is 2.87. The highest BCUT2D eigenvalue weighted by Crippen LogP contribution is 2.18. The SMILES string of the molecule is Cc1cc(NC(=O)[C@H]2CCCN2)ccc1-n1cnnn1. The molecule has 1 aliphatic rings. The van der Waals surface area contributed by atoms with Crippen molar-refractivity contribution in [2.45, 2.75) is 25.8 Å². The van der Waals surface area contributed by atoms with Gasteiger partial charge in [-0.2, -0.15) is 0 Å². The lowest BCUT2D eigenvalue weighted by molar-refractivity contribution is -0.117. The van der Waals surface area contributed by atoms with Crippen molar-refractivity contribution in [3.63, 3.8) is 0 Å². The van der Waals surface area contributed by atoms with E-state index in [1.165, 1.54) is 0 Å². The Morgan fingerprint density at radius 1 is 1.50 bits per heavy atom. The third-order valence-electron chi connectivity index (χ3n) is 3.44. The largest absolute Gasteiger partial charge is 0.325 e. The molecule has 0 aliphatic carbocycles. The molecule has 1 aromatic heterocycles. The molecule has 0 spiro atoms. The topological polar surface area (TPSA) is 84.7 Å². The van der Waals surface area contributed by atoms with Gasteiger partial charge in [0.2, 0.25) is 5.91 Å². The van der Waals surface area contributed by atoms with Crippen LogP contribution in [0.1, 0.15) is 18.4 Å². The van der Waals surface area contributed by atoms with Crippen molar-refractivity contribution in [2.75, 3.05) is 11.9 Å². The minimum absolute atomic E-state index is 0.0251. The van der Waals surface area contributed by atoms with Gasteiger partial charge in [0.25, 0.3) is 0 Å². The summed E-state index contributed by atoms with van der Waals surface area (Å²) in [6, 6.07) is 5.60.